The van der Waals surface area contributed by atoms with Gasteiger partial charge in [-0.05, 0) is 31.2 Å². The number of nitrogens with one attached hydrogen (secondary N) is 3. The maximum atomic E-state index is 12.6. The smallest absolute Gasteiger partial charge is 0.267 e. The Morgan fingerprint density at radius 2 is 2.04 bits per heavy atom. The molecule has 138 valence electrons. The van der Waals surface area contributed by atoms with Gasteiger partial charge in [-0.1, -0.05) is 0 Å². The highest BCUT2D eigenvalue weighted by Crippen LogP contribution is 2.33. The molecule has 3 N–H and O–H groups in total. The molecule has 0 aliphatic carbocycles. The highest BCUT2D eigenvalue weighted by atomic mass is 32.2. The first-order valence-electron chi connectivity index (χ1n) is 7.74. The highest BCUT2D eigenvalue weighted by Gasteiger charge is 2.25. The number of ether oxygens (including phenoxy) is 1. The average molecular weight is 378 g/mol. The molecule has 1 atom stereocenters. The molecule has 0 saturated heterocycles. The first kappa shape index (κ1) is 17.8. The number of benzene rings is 1. The predicted octanol–water partition coefficient (Wildman–Crippen LogP) is 0.905. The van der Waals surface area contributed by atoms with Gasteiger partial charge in [0, 0.05) is 20.3 Å². The second kappa shape index (κ2) is 6.37. The lowest BCUT2D eigenvalue weighted by atomic mass is 10.2. The molecule has 26 heavy (non-hydrogen) atoms. The number of rotatable bonds is 4. The monoisotopic (exact) mass is 378 g/mol. The minimum Gasteiger partial charge on any atom is -0.479 e. The van der Waals surface area contributed by atoms with E-state index >= 15 is 0 Å². The van der Waals surface area contributed by atoms with Gasteiger partial charge in [0.05, 0.1) is 11.4 Å². The molecular formula is C16H18N4O5S. The summed E-state index contributed by atoms with van der Waals surface area (Å²) in [5, 5.41) is 5.10. The summed E-state index contributed by atoms with van der Waals surface area (Å²) < 4.78 is 34.5. The van der Waals surface area contributed by atoms with Crippen molar-refractivity contribution in [2.45, 2.75) is 17.9 Å². The Hall–Kier alpha value is -3.01. The van der Waals surface area contributed by atoms with Crippen molar-refractivity contribution in [2.75, 3.05) is 17.1 Å². The topological polar surface area (TPSA) is 119 Å². The van der Waals surface area contributed by atoms with Gasteiger partial charge >= 0.3 is 0 Å². The molecule has 3 rings (SSSR count). The zero-order valence-electron chi connectivity index (χ0n) is 14.4. The SMILES string of the molecule is CNC(=O)c1cc(S(=O)(=O)Nc2ccc3c(c2)NC(=O)[C@@H](C)O3)cn1C. The number of hydrogen-bond acceptors (Lipinski definition) is 5. The lowest BCUT2D eigenvalue weighted by molar-refractivity contribution is -0.122. The van der Waals surface area contributed by atoms with E-state index in [-0.39, 0.29) is 22.2 Å². The van der Waals surface area contributed by atoms with Crippen molar-refractivity contribution in [3.63, 3.8) is 0 Å². The van der Waals surface area contributed by atoms with Crippen molar-refractivity contribution >= 4 is 33.2 Å². The van der Waals surface area contributed by atoms with Crippen LogP contribution in [0.5, 0.6) is 5.75 Å². The molecule has 0 saturated carbocycles. The van der Waals surface area contributed by atoms with E-state index in [1.807, 2.05) is 0 Å². The van der Waals surface area contributed by atoms with Gasteiger partial charge in [-0.15, -0.1) is 0 Å². The Bertz CT molecular complexity index is 996. The number of aryl methyl sites for hydroxylation is 1. The number of aromatic nitrogens is 1. The van der Waals surface area contributed by atoms with Gasteiger partial charge < -0.3 is 19.9 Å². The van der Waals surface area contributed by atoms with Crippen LogP contribution in [0.3, 0.4) is 0 Å². The van der Waals surface area contributed by atoms with Gasteiger partial charge in [0.1, 0.15) is 16.3 Å². The van der Waals surface area contributed by atoms with Crippen LogP contribution in [-0.2, 0) is 21.9 Å². The number of sulfonamides is 1. The van der Waals surface area contributed by atoms with E-state index in [1.54, 1.807) is 20.0 Å². The quantitative estimate of drug-likeness (QED) is 0.731. The van der Waals surface area contributed by atoms with Crippen molar-refractivity contribution in [3.05, 3.63) is 36.2 Å². The third kappa shape index (κ3) is 3.23. The molecule has 0 fully saturated rings. The Kier molecular flexibility index (Phi) is 4.36. The Morgan fingerprint density at radius 1 is 1.31 bits per heavy atom. The second-order valence-electron chi connectivity index (χ2n) is 5.82. The van der Waals surface area contributed by atoms with Crippen molar-refractivity contribution in [1.29, 1.82) is 0 Å². The maximum Gasteiger partial charge on any atom is 0.267 e. The van der Waals surface area contributed by atoms with Crippen molar-refractivity contribution in [3.8, 4) is 5.75 Å². The molecule has 0 bridgehead atoms. The van der Waals surface area contributed by atoms with E-state index in [4.69, 9.17) is 4.74 Å². The van der Waals surface area contributed by atoms with Gasteiger partial charge in [-0.25, -0.2) is 8.42 Å². The van der Waals surface area contributed by atoms with E-state index in [2.05, 4.69) is 15.4 Å². The third-order valence-electron chi connectivity index (χ3n) is 3.91. The van der Waals surface area contributed by atoms with E-state index in [0.29, 0.717) is 11.4 Å². The van der Waals surface area contributed by atoms with Gasteiger partial charge in [0.25, 0.3) is 21.8 Å². The van der Waals surface area contributed by atoms with Crippen LogP contribution in [0.25, 0.3) is 0 Å². The zero-order valence-corrected chi connectivity index (χ0v) is 15.2. The molecule has 2 aromatic rings. The van der Waals surface area contributed by atoms with Crippen LogP contribution in [0.2, 0.25) is 0 Å². The van der Waals surface area contributed by atoms with Crippen LogP contribution in [0.15, 0.2) is 35.4 Å². The largest absolute Gasteiger partial charge is 0.479 e. The molecule has 0 unspecified atom stereocenters. The summed E-state index contributed by atoms with van der Waals surface area (Å²) in [6.45, 7) is 1.62. The molecule has 1 aromatic carbocycles. The number of amides is 2. The summed E-state index contributed by atoms with van der Waals surface area (Å²) in [6, 6.07) is 5.86. The molecule has 1 aromatic heterocycles. The number of hydrogen-bond donors (Lipinski definition) is 3. The molecular weight excluding hydrogens is 360 g/mol. The summed E-state index contributed by atoms with van der Waals surface area (Å²) in [6.07, 6.45) is 0.732. The number of carbonyl (C=O) groups is 2. The van der Waals surface area contributed by atoms with Crippen LogP contribution < -0.4 is 20.1 Å². The molecule has 2 heterocycles. The van der Waals surface area contributed by atoms with Crippen molar-refractivity contribution in [1.82, 2.24) is 9.88 Å². The van der Waals surface area contributed by atoms with E-state index in [0.717, 1.165) is 0 Å². The maximum absolute atomic E-state index is 12.6. The first-order valence-corrected chi connectivity index (χ1v) is 9.22. The fourth-order valence-electron chi connectivity index (χ4n) is 2.52. The Morgan fingerprint density at radius 3 is 2.73 bits per heavy atom. The number of carbonyl (C=O) groups excluding carboxylic acids is 2. The fraction of sp³-hybridized carbons (Fsp3) is 0.250. The van der Waals surface area contributed by atoms with Crippen LogP contribution >= 0.6 is 0 Å². The summed E-state index contributed by atoms with van der Waals surface area (Å²) in [7, 11) is -0.868. The minimum absolute atomic E-state index is 0.0507. The standard InChI is InChI=1S/C16H18N4O5S/c1-9-15(21)18-12-6-10(4-5-14(12)25-9)19-26(23,24)11-7-13(16(22)17-2)20(3)8-11/h4-9,19H,1-3H3,(H,17,22)(H,18,21)/t9-/m1/s1. The summed E-state index contributed by atoms with van der Waals surface area (Å²) in [5.74, 6) is -0.242. The van der Waals surface area contributed by atoms with E-state index in [9.17, 15) is 18.0 Å². The first-order chi connectivity index (χ1) is 12.2. The molecule has 10 heteroatoms. The second-order valence-corrected chi connectivity index (χ2v) is 7.50. The lowest BCUT2D eigenvalue weighted by Gasteiger charge is -2.23. The van der Waals surface area contributed by atoms with Crippen LogP contribution in [-0.4, -0.2) is 38.0 Å². The molecule has 2 amide bonds. The van der Waals surface area contributed by atoms with E-state index < -0.39 is 22.0 Å². The summed E-state index contributed by atoms with van der Waals surface area (Å²) in [5.41, 5.74) is 0.855. The Balaban J connectivity index is 1.88. The highest BCUT2D eigenvalue weighted by molar-refractivity contribution is 7.92. The number of anilines is 2. The third-order valence-corrected chi connectivity index (χ3v) is 5.26. The number of fused-ring (bicyclic) bond motifs is 1. The van der Waals surface area contributed by atoms with Gasteiger partial charge in [-0.2, -0.15) is 0 Å². The molecule has 1 aliphatic rings. The summed E-state index contributed by atoms with van der Waals surface area (Å²) >= 11 is 0. The average Bonchev–Trinajstić information content (AvgIpc) is 2.98. The molecule has 0 radical (unpaired) electrons. The molecule has 1 aliphatic heterocycles. The van der Waals surface area contributed by atoms with Gasteiger partial charge in [0.15, 0.2) is 6.10 Å². The molecule has 0 spiro atoms. The summed E-state index contributed by atoms with van der Waals surface area (Å²) in [4.78, 5) is 23.4. The minimum atomic E-state index is -3.91. The number of nitrogens with zero attached hydrogens (tertiary/aromatic N) is 1. The Labute approximate surface area is 150 Å². The van der Waals surface area contributed by atoms with Crippen LogP contribution in [0.4, 0.5) is 11.4 Å². The lowest BCUT2D eigenvalue weighted by Crippen LogP contribution is -2.34. The van der Waals surface area contributed by atoms with Crippen molar-refractivity contribution in [2.24, 2.45) is 7.05 Å². The fourth-order valence-corrected chi connectivity index (χ4v) is 3.64. The normalized spacial score (nSPS) is 16.3. The molecule has 9 nitrogen and oxygen atoms in total. The van der Waals surface area contributed by atoms with Crippen LogP contribution in [0.1, 0.15) is 17.4 Å². The zero-order chi connectivity index (χ0) is 19.1. The van der Waals surface area contributed by atoms with E-state index in [1.165, 1.54) is 36.0 Å². The van der Waals surface area contributed by atoms with Crippen LogP contribution in [0, 0.1) is 0 Å². The van der Waals surface area contributed by atoms with Gasteiger partial charge in [0.2, 0.25) is 0 Å². The van der Waals surface area contributed by atoms with Gasteiger partial charge in [-0.3, -0.25) is 14.3 Å². The van der Waals surface area contributed by atoms with Crippen molar-refractivity contribution < 1.29 is 22.7 Å². The predicted molar refractivity (Wildman–Crippen MR) is 94.8 cm³/mol.